The van der Waals surface area contributed by atoms with Gasteiger partial charge in [0.25, 0.3) is 5.69 Å². The number of aryl methyl sites for hydroxylation is 1. The van der Waals surface area contributed by atoms with E-state index in [1.165, 1.54) is 18.2 Å². The summed E-state index contributed by atoms with van der Waals surface area (Å²) >= 11 is 0. The molecule has 0 saturated heterocycles. The zero-order valence-electron chi connectivity index (χ0n) is 10.8. The highest BCUT2D eigenvalue weighted by Crippen LogP contribution is 2.29. The van der Waals surface area contributed by atoms with Crippen molar-refractivity contribution in [2.24, 2.45) is 5.73 Å². The fraction of sp³-hybridized carbons (Fsp3) is 0.0714. The molecule has 102 valence electrons. The fourth-order valence-corrected chi connectivity index (χ4v) is 1.76. The number of para-hydroxylation sites is 1. The highest BCUT2D eigenvalue weighted by atomic mass is 16.6. The molecule has 2 rings (SSSR count). The van der Waals surface area contributed by atoms with Gasteiger partial charge in [-0.2, -0.15) is 0 Å². The monoisotopic (exact) mass is 271 g/mol. The van der Waals surface area contributed by atoms with Crippen LogP contribution in [-0.4, -0.2) is 10.8 Å². The van der Waals surface area contributed by atoms with E-state index in [4.69, 9.17) is 15.9 Å². The molecule has 0 aliphatic carbocycles. The van der Waals surface area contributed by atoms with Crippen LogP contribution in [0, 0.1) is 22.4 Å². The van der Waals surface area contributed by atoms with Crippen LogP contribution in [-0.2, 0) is 0 Å². The second kappa shape index (κ2) is 5.40. The molecule has 20 heavy (non-hydrogen) atoms. The molecule has 0 bridgehead atoms. The zero-order valence-corrected chi connectivity index (χ0v) is 10.8. The molecule has 0 radical (unpaired) electrons. The van der Waals surface area contributed by atoms with Crippen molar-refractivity contribution in [3.63, 3.8) is 0 Å². The maximum atomic E-state index is 10.7. The summed E-state index contributed by atoms with van der Waals surface area (Å²) in [5.41, 5.74) is 6.61. The van der Waals surface area contributed by atoms with E-state index >= 15 is 0 Å². The first-order chi connectivity index (χ1) is 9.49. The van der Waals surface area contributed by atoms with Crippen molar-refractivity contribution < 1.29 is 9.66 Å². The predicted octanol–water partition coefficient (Wildman–Crippen LogP) is 2.98. The lowest BCUT2D eigenvalue weighted by molar-refractivity contribution is -0.384. The number of nitrogens with zero attached hydrogens (tertiary/aromatic N) is 1. The number of rotatable bonds is 4. The van der Waals surface area contributed by atoms with Crippen LogP contribution in [0.3, 0.4) is 0 Å². The van der Waals surface area contributed by atoms with Crippen molar-refractivity contribution in [1.82, 2.24) is 0 Å². The summed E-state index contributed by atoms with van der Waals surface area (Å²) in [6.45, 7) is 1.72. The average molecular weight is 271 g/mol. The van der Waals surface area contributed by atoms with Gasteiger partial charge in [-0.05, 0) is 30.7 Å². The standard InChI is InChI=1S/C14H13N3O3/c1-9-8-10(17(18)19)6-7-12(9)20-13-5-3-2-4-11(13)14(15)16/h2-8H,1H3,(H3,15,16). The van der Waals surface area contributed by atoms with Crippen LogP contribution in [0.15, 0.2) is 42.5 Å². The summed E-state index contributed by atoms with van der Waals surface area (Å²) in [5.74, 6) is 0.835. The maximum Gasteiger partial charge on any atom is 0.269 e. The molecule has 0 spiro atoms. The quantitative estimate of drug-likeness (QED) is 0.386. The third-order valence-corrected chi connectivity index (χ3v) is 2.77. The van der Waals surface area contributed by atoms with Crippen molar-refractivity contribution in [2.75, 3.05) is 0 Å². The second-order valence-electron chi connectivity index (χ2n) is 4.22. The minimum atomic E-state index is -0.458. The minimum Gasteiger partial charge on any atom is -0.456 e. The Morgan fingerprint density at radius 1 is 1.25 bits per heavy atom. The third-order valence-electron chi connectivity index (χ3n) is 2.77. The van der Waals surface area contributed by atoms with Gasteiger partial charge in [-0.25, -0.2) is 0 Å². The first kappa shape index (κ1) is 13.5. The number of benzene rings is 2. The smallest absolute Gasteiger partial charge is 0.269 e. The molecule has 0 atom stereocenters. The summed E-state index contributed by atoms with van der Waals surface area (Å²) < 4.78 is 5.69. The number of nitrogen functional groups attached to an aromatic ring is 1. The van der Waals surface area contributed by atoms with E-state index in [2.05, 4.69) is 0 Å². The lowest BCUT2D eigenvalue weighted by atomic mass is 10.1. The lowest BCUT2D eigenvalue weighted by Gasteiger charge is -2.11. The van der Waals surface area contributed by atoms with Gasteiger partial charge in [-0.3, -0.25) is 15.5 Å². The van der Waals surface area contributed by atoms with Gasteiger partial charge in [0, 0.05) is 12.1 Å². The summed E-state index contributed by atoms with van der Waals surface area (Å²) in [6.07, 6.45) is 0. The molecule has 0 saturated carbocycles. The molecule has 6 heteroatoms. The molecule has 0 amide bonds. The van der Waals surface area contributed by atoms with Crippen LogP contribution in [0.4, 0.5) is 5.69 Å². The van der Waals surface area contributed by atoms with E-state index in [0.29, 0.717) is 22.6 Å². The number of nitro groups is 1. The SMILES string of the molecule is Cc1cc([N+](=O)[O-])ccc1Oc1ccccc1C(=N)N. The van der Waals surface area contributed by atoms with Gasteiger partial charge in [0.15, 0.2) is 0 Å². The Balaban J connectivity index is 2.36. The zero-order chi connectivity index (χ0) is 14.7. The van der Waals surface area contributed by atoms with E-state index in [1.54, 1.807) is 31.2 Å². The van der Waals surface area contributed by atoms with Crippen molar-refractivity contribution in [1.29, 1.82) is 5.41 Å². The van der Waals surface area contributed by atoms with Crippen molar-refractivity contribution >= 4 is 11.5 Å². The van der Waals surface area contributed by atoms with E-state index in [9.17, 15) is 10.1 Å². The highest BCUT2D eigenvalue weighted by Gasteiger charge is 2.12. The van der Waals surface area contributed by atoms with Crippen molar-refractivity contribution in [2.45, 2.75) is 6.92 Å². The molecule has 0 aliphatic heterocycles. The van der Waals surface area contributed by atoms with Gasteiger partial charge in [0.1, 0.15) is 17.3 Å². The molecule has 0 fully saturated rings. The molecular formula is C14H13N3O3. The number of nitro benzene ring substituents is 1. The van der Waals surface area contributed by atoms with Crippen LogP contribution < -0.4 is 10.5 Å². The van der Waals surface area contributed by atoms with E-state index in [-0.39, 0.29) is 11.5 Å². The Bertz CT molecular complexity index is 683. The summed E-state index contributed by atoms with van der Waals surface area (Å²) in [7, 11) is 0. The number of ether oxygens (including phenoxy) is 1. The van der Waals surface area contributed by atoms with Crippen molar-refractivity contribution in [3.05, 3.63) is 63.7 Å². The van der Waals surface area contributed by atoms with Gasteiger partial charge >= 0.3 is 0 Å². The Hall–Kier alpha value is -2.89. The van der Waals surface area contributed by atoms with E-state index in [1.807, 2.05) is 0 Å². The molecular weight excluding hydrogens is 258 g/mol. The Morgan fingerprint density at radius 3 is 2.55 bits per heavy atom. The maximum absolute atomic E-state index is 10.7. The molecule has 0 unspecified atom stereocenters. The van der Waals surface area contributed by atoms with Gasteiger partial charge < -0.3 is 10.5 Å². The summed E-state index contributed by atoms with van der Waals surface area (Å²) in [4.78, 5) is 10.2. The van der Waals surface area contributed by atoms with Crippen LogP contribution in [0.1, 0.15) is 11.1 Å². The Kier molecular flexibility index (Phi) is 3.65. The van der Waals surface area contributed by atoms with Gasteiger partial charge in [0.2, 0.25) is 0 Å². The molecule has 0 aromatic heterocycles. The normalized spacial score (nSPS) is 10.1. The number of nitrogens with one attached hydrogen (secondary N) is 1. The van der Waals surface area contributed by atoms with Gasteiger partial charge in [0.05, 0.1) is 10.5 Å². The number of nitrogens with two attached hydrogens (primary N) is 1. The van der Waals surface area contributed by atoms with E-state index in [0.717, 1.165) is 0 Å². The largest absolute Gasteiger partial charge is 0.456 e. The predicted molar refractivity (Wildman–Crippen MR) is 75.4 cm³/mol. The number of non-ortho nitro benzene ring substituents is 1. The van der Waals surface area contributed by atoms with Crippen LogP contribution in [0.25, 0.3) is 0 Å². The number of hydrogen-bond acceptors (Lipinski definition) is 4. The molecule has 0 aliphatic rings. The molecule has 0 heterocycles. The van der Waals surface area contributed by atoms with Gasteiger partial charge in [-0.1, -0.05) is 12.1 Å². The van der Waals surface area contributed by atoms with Crippen LogP contribution in [0.2, 0.25) is 0 Å². The number of amidine groups is 1. The highest BCUT2D eigenvalue weighted by molar-refractivity contribution is 5.97. The second-order valence-corrected chi connectivity index (χ2v) is 4.22. The minimum absolute atomic E-state index is 0.00898. The topological polar surface area (TPSA) is 102 Å². The summed E-state index contributed by atoms with van der Waals surface area (Å²) in [5, 5.41) is 18.2. The molecule has 3 N–H and O–H groups in total. The van der Waals surface area contributed by atoms with Crippen LogP contribution >= 0.6 is 0 Å². The van der Waals surface area contributed by atoms with E-state index < -0.39 is 4.92 Å². The Morgan fingerprint density at radius 2 is 1.95 bits per heavy atom. The first-order valence-corrected chi connectivity index (χ1v) is 5.85. The average Bonchev–Trinajstić information content (AvgIpc) is 2.41. The first-order valence-electron chi connectivity index (χ1n) is 5.85. The number of hydrogen-bond donors (Lipinski definition) is 2. The summed E-state index contributed by atoms with van der Waals surface area (Å²) in [6, 6.07) is 11.2. The fourth-order valence-electron chi connectivity index (χ4n) is 1.76. The molecule has 2 aromatic carbocycles. The van der Waals surface area contributed by atoms with Crippen LogP contribution in [0.5, 0.6) is 11.5 Å². The Labute approximate surface area is 115 Å². The lowest BCUT2D eigenvalue weighted by Crippen LogP contribution is -2.12. The molecule has 2 aromatic rings. The van der Waals surface area contributed by atoms with Crippen molar-refractivity contribution in [3.8, 4) is 11.5 Å². The van der Waals surface area contributed by atoms with Gasteiger partial charge in [-0.15, -0.1) is 0 Å². The third kappa shape index (κ3) is 2.74. The molecule has 6 nitrogen and oxygen atoms in total.